The van der Waals surface area contributed by atoms with Gasteiger partial charge in [-0.1, -0.05) is 22.9 Å². The number of rotatable bonds is 6. The number of carbonyl (C=O) groups is 1. The van der Waals surface area contributed by atoms with Gasteiger partial charge in [-0.05, 0) is 12.8 Å². The summed E-state index contributed by atoms with van der Waals surface area (Å²) < 4.78 is 30.8. The molecule has 0 aromatic rings. The van der Waals surface area contributed by atoms with E-state index in [9.17, 15) is 13.2 Å². The van der Waals surface area contributed by atoms with Gasteiger partial charge in [-0.3, -0.25) is 0 Å². The predicted molar refractivity (Wildman–Crippen MR) is 60.0 cm³/mol. The van der Waals surface area contributed by atoms with Crippen molar-refractivity contribution in [2.75, 3.05) is 18.5 Å². The molecule has 0 rings (SSSR count). The number of hydrogen-bond acceptors (Lipinski definition) is 4. The van der Waals surface area contributed by atoms with Crippen LogP contribution < -0.4 is 9.44 Å². The maximum absolute atomic E-state index is 11.2. The first-order valence-electron chi connectivity index (χ1n) is 4.41. The quantitative estimate of drug-likeness (QED) is 0.704. The molecule has 0 saturated heterocycles. The Morgan fingerprint density at radius 1 is 1.53 bits per heavy atom. The lowest BCUT2D eigenvalue weighted by atomic mass is 10.2. The zero-order valence-corrected chi connectivity index (χ0v) is 11.0. The van der Waals surface area contributed by atoms with Crippen LogP contribution in [-0.4, -0.2) is 33.0 Å². The summed E-state index contributed by atoms with van der Waals surface area (Å²) in [5.74, 6) is 0.142. The maximum atomic E-state index is 11.2. The summed E-state index contributed by atoms with van der Waals surface area (Å²) in [4.78, 5) is 10.8. The Hall–Kier alpha value is -0.340. The molecule has 2 N–H and O–H groups in total. The summed E-state index contributed by atoms with van der Waals surface area (Å²) in [5.41, 5.74) is 0. The highest BCUT2D eigenvalue weighted by molar-refractivity contribution is 9.09. The normalized spacial score (nSPS) is 13.3. The molecule has 1 amide bonds. The molecule has 8 heteroatoms. The largest absolute Gasteiger partial charge is 0.449 e. The van der Waals surface area contributed by atoms with Crippen LogP contribution in [0, 0.1) is 5.92 Å². The van der Waals surface area contributed by atoms with Gasteiger partial charge in [0, 0.05) is 11.9 Å². The molecule has 15 heavy (non-hydrogen) atoms. The monoisotopic (exact) mass is 302 g/mol. The van der Waals surface area contributed by atoms with Crippen LogP contribution in [0.2, 0.25) is 0 Å². The molecule has 0 aromatic heterocycles. The molecule has 0 aliphatic carbocycles. The lowest BCUT2D eigenvalue weighted by Crippen LogP contribution is -2.42. The Balaban J connectivity index is 4.03. The molecule has 0 bridgehead atoms. The molecular formula is C7H15BrN2O4S. The van der Waals surface area contributed by atoms with Gasteiger partial charge < -0.3 is 4.74 Å². The standard InChI is InChI=1S/C7H15BrN2O4S/c1-3-14-7(11)10-15(12,13)9-5-6(2)4-8/h6,9H,3-5H2,1-2H3,(H,10,11). The number of carbonyl (C=O) groups excluding carboxylic acids is 1. The van der Waals surface area contributed by atoms with E-state index in [0.29, 0.717) is 5.33 Å². The average molecular weight is 303 g/mol. The van der Waals surface area contributed by atoms with Crippen LogP contribution in [0.4, 0.5) is 4.79 Å². The molecule has 0 saturated carbocycles. The fourth-order valence-corrected chi connectivity index (χ4v) is 1.70. The van der Waals surface area contributed by atoms with Crippen molar-refractivity contribution in [1.29, 1.82) is 0 Å². The Bertz CT molecular complexity index is 293. The molecular weight excluding hydrogens is 288 g/mol. The van der Waals surface area contributed by atoms with Crippen molar-refractivity contribution in [3.05, 3.63) is 0 Å². The molecule has 1 atom stereocenters. The van der Waals surface area contributed by atoms with Gasteiger partial charge in [0.15, 0.2) is 0 Å². The second kappa shape index (κ2) is 7.02. The molecule has 0 aliphatic rings. The van der Waals surface area contributed by atoms with Crippen molar-refractivity contribution in [2.24, 2.45) is 5.92 Å². The van der Waals surface area contributed by atoms with Crippen molar-refractivity contribution < 1.29 is 17.9 Å². The van der Waals surface area contributed by atoms with Crippen LogP contribution in [0.15, 0.2) is 0 Å². The molecule has 0 spiro atoms. The predicted octanol–water partition coefficient (Wildman–Crippen LogP) is 0.598. The van der Waals surface area contributed by atoms with E-state index in [1.54, 1.807) is 11.6 Å². The second-order valence-corrected chi connectivity index (χ2v) is 5.08. The molecule has 0 radical (unpaired) electrons. The number of ether oxygens (including phenoxy) is 1. The van der Waals surface area contributed by atoms with Crippen molar-refractivity contribution >= 4 is 32.2 Å². The van der Waals surface area contributed by atoms with Crippen molar-refractivity contribution in [3.63, 3.8) is 0 Å². The van der Waals surface area contributed by atoms with Crippen LogP contribution in [0.1, 0.15) is 13.8 Å². The van der Waals surface area contributed by atoms with E-state index in [1.807, 2.05) is 6.92 Å². The first kappa shape index (κ1) is 14.7. The lowest BCUT2D eigenvalue weighted by molar-refractivity contribution is 0.158. The van der Waals surface area contributed by atoms with Gasteiger partial charge in [-0.15, -0.1) is 0 Å². The highest BCUT2D eigenvalue weighted by atomic mass is 79.9. The Kier molecular flexibility index (Phi) is 6.86. The van der Waals surface area contributed by atoms with E-state index >= 15 is 0 Å². The number of hydrogen-bond donors (Lipinski definition) is 2. The molecule has 6 nitrogen and oxygen atoms in total. The fraction of sp³-hybridized carbons (Fsp3) is 0.857. The van der Waals surface area contributed by atoms with Crippen LogP contribution in [0.3, 0.4) is 0 Å². The van der Waals surface area contributed by atoms with E-state index < -0.39 is 16.3 Å². The first-order chi connectivity index (χ1) is 6.91. The minimum Gasteiger partial charge on any atom is -0.449 e. The smallest absolute Gasteiger partial charge is 0.421 e. The van der Waals surface area contributed by atoms with E-state index in [0.717, 1.165) is 0 Å². The molecule has 0 aliphatic heterocycles. The molecule has 0 heterocycles. The van der Waals surface area contributed by atoms with E-state index in [2.05, 4.69) is 25.4 Å². The lowest BCUT2D eigenvalue weighted by Gasteiger charge is -2.10. The fourth-order valence-electron chi connectivity index (χ4n) is 0.613. The summed E-state index contributed by atoms with van der Waals surface area (Å²) >= 11 is 3.21. The first-order valence-corrected chi connectivity index (χ1v) is 7.01. The van der Waals surface area contributed by atoms with Crippen molar-refractivity contribution in [2.45, 2.75) is 13.8 Å². The summed E-state index contributed by atoms with van der Waals surface area (Å²) in [6, 6.07) is 0. The van der Waals surface area contributed by atoms with Crippen molar-refractivity contribution in [1.82, 2.24) is 9.44 Å². The van der Waals surface area contributed by atoms with E-state index in [4.69, 9.17) is 0 Å². The van der Waals surface area contributed by atoms with Gasteiger partial charge in [-0.2, -0.15) is 13.1 Å². The summed E-state index contributed by atoms with van der Waals surface area (Å²) in [7, 11) is -3.80. The second-order valence-electron chi connectivity index (χ2n) is 2.93. The van der Waals surface area contributed by atoms with Gasteiger partial charge in [-0.25, -0.2) is 9.52 Å². The molecule has 0 aromatic carbocycles. The third kappa shape index (κ3) is 7.57. The van der Waals surface area contributed by atoms with Crippen LogP contribution >= 0.6 is 15.9 Å². The topological polar surface area (TPSA) is 84.5 Å². The van der Waals surface area contributed by atoms with Gasteiger partial charge in [0.25, 0.3) is 0 Å². The van der Waals surface area contributed by atoms with E-state index in [1.165, 1.54) is 0 Å². The van der Waals surface area contributed by atoms with Gasteiger partial charge in [0.05, 0.1) is 6.61 Å². The Morgan fingerprint density at radius 2 is 2.13 bits per heavy atom. The van der Waals surface area contributed by atoms with Crippen molar-refractivity contribution in [3.8, 4) is 0 Å². The third-order valence-electron chi connectivity index (χ3n) is 1.38. The average Bonchev–Trinajstić information content (AvgIpc) is 2.13. The van der Waals surface area contributed by atoms with Gasteiger partial charge in [0.2, 0.25) is 0 Å². The maximum Gasteiger partial charge on any atom is 0.421 e. The number of amides is 1. The zero-order valence-electron chi connectivity index (χ0n) is 8.62. The Morgan fingerprint density at radius 3 is 2.60 bits per heavy atom. The summed E-state index contributed by atoms with van der Waals surface area (Å²) in [6.07, 6.45) is -0.975. The molecule has 0 fully saturated rings. The third-order valence-corrected chi connectivity index (χ3v) is 3.47. The van der Waals surface area contributed by atoms with Gasteiger partial charge >= 0.3 is 16.3 Å². The number of alkyl halides is 1. The van der Waals surface area contributed by atoms with Crippen LogP contribution in [0.5, 0.6) is 0 Å². The zero-order chi connectivity index (χ0) is 11.9. The highest BCUT2D eigenvalue weighted by Gasteiger charge is 2.15. The minimum atomic E-state index is -3.80. The van der Waals surface area contributed by atoms with E-state index in [-0.39, 0.29) is 19.1 Å². The molecule has 1 unspecified atom stereocenters. The highest BCUT2D eigenvalue weighted by Crippen LogP contribution is 1.97. The summed E-state index contributed by atoms with van der Waals surface area (Å²) in [5, 5.41) is 0.676. The van der Waals surface area contributed by atoms with Gasteiger partial charge in [0.1, 0.15) is 0 Å². The minimum absolute atomic E-state index is 0.124. The van der Waals surface area contributed by atoms with Crippen LogP contribution in [-0.2, 0) is 14.9 Å². The Labute approximate surface area is 98.1 Å². The molecule has 90 valence electrons. The SMILES string of the molecule is CCOC(=O)NS(=O)(=O)NCC(C)CBr. The van der Waals surface area contributed by atoms with Crippen LogP contribution in [0.25, 0.3) is 0 Å². The number of nitrogens with one attached hydrogen (secondary N) is 2. The number of halogens is 1. The summed E-state index contributed by atoms with van der Waals surface area (Å²) in [6.45, 7) is 3.83.